The summed E-state index contributed by atoms with van der Waals surface area (Å²) < 4.78 is 11.5. The summed E-state index contributed by atoms with van der Waals surface area (Å²) in [6, 6.07) is 5.88. The Hall–Kier alpha value is -1.59. The first-order valence-corrected chi connectivity index (χ1v) is 8.32. The van der Waals surface area contributed by atoms with Gasteiger partial charge in [-0.1, -0.05) is 6.07 Å². The molecule has 2 fully saturated rings. The highest BCUT2D eigenvalue weighted by Crippen LogP contribution is 2.46. The number of hydrogen-bond acceptors (Lipinski definition) is 5. The minimum atomic E-state index is -0.870. The number of hydrogen-bond donors (Lipinski definition) is 1. The maximum atomic E-state index is 12.5. The van der Waals surface area contributed by atoms with Crippen LogP contribution >= 0.6 is 0 Å². The molecule has 5 nitrogen and oxygen atoms in total. The molecule has 4 atom stereocenters. The second kappa shape index (κ2) is 5.21. The van der Waals surface area contributed by atoms with Gasteiger partial charge in [-0.15, -0.1) is 0 Å². The third-order valence-corrected chi connectivity index (χ3v) is 5.91. The molecule has 2 aliphatic heterocycles. The van der Waals surface area contributed by atoms with Gasteiger partial charge in [-0.3, -0.25) is 4.79 Å². The number of likely N-dealkylation sites (tertiary alicyclic amines) is 1. The average Bonchev–Trinajstić information content (AvgIpc) is 2.55. The highest BCUT2D eigenvalue weighted by atomic mass is 16.5. The molecular formula is C18H23NO4. The third kappa shape index (κ3) is 2.17. The smallest absolute Gasteiger partial charge is 0.173 e. The van der Waals surface area contributed by atoms with Crippen LogP contribution < -0.4 is 9.47 Å². The van der Waals surface area contributed by atoms with Crippen LogP contribution in [0, 0.1) is 5.92 Å². The molecule has 23 heavy (non-hydrogen) atoms. The van der Waals surface area contributed by atoms with Gasteiger partial charge in [0, 0.05) is 18.4 Å². The van der Waals surface area contributed by atoms with E-state index in [9.17, 15) is 9.90 Å². The number of carbonyl (C=O) groups excluding carboxylic acids is 1. The Labute approximate surface area is 136 Å². The zero-order valence-electron chi connectivity index (χ0n) is 13.6. The number of methoxy groups -OCH3 is 1. The highest BCUT2D eigenvalue weighted by molar-refractivity contribution is 5.85. The fraction of sp³-hybridized carbons (Fsp3) is 0.611. The Bertz CT molecular complexity index is 646. The second-order valence-electron chi connectivity index (χ2n) is 7.08. The predicted octanol–water partition coefficient (Wildman–Crippen LogP) is 1.41. The van der Waals surface area contributed by atoms with Crippen molar-refractivity contribution in [2.75, 3.05) is 20.7 Å². The van der Waals surface area contributed by atoms with Gasteiger partial charge in [-0.05, 0) is 50.6 Å². The zero-order chi connectivity index (χ0) is 16.2. The Morgan fingerprint density at radius 3 is 3.04 bits per heavy atom. The summed E-state index contributed by atoms with van der Waals surface area (Å²) in [5.41, 5.74) is 0.234. The maximum absolute atomic E-state index is 12.5. The topological polar surface area (TPSA) is 59.0 Å². The van der Waals surface area contributed by atoms with Crippen LogP contribution in [0.1, 0.15) is 24.8 Å². The molecule has 1 saturated carbocycles. The molecule has 3 aliphatic rings. The number of carbonyl (C=O) groups is 1. The van der Waals surface area contributed by atoms with Crippen molar-refractivity contribution in [3.63, 3.8) is 0 Å². The summed E-state index contributed by atoms with van der Waals surface area (Å²) in [7, 11) is 3.67. The van der Waals surface area contributed by atoms with Crippen molar-refractivity contribution in [2.24, 2.45) is 5.92 Å². The van der Waals surface area contributed by atoms with Crippen LogP contribution in [-0.4, -0.2) is 54.2 Å². The Morgan fingerprint density at radius 1 is 1.43 bits per heavy atom. The second-order valence-corrected chi connectivity index (χ2v) is 7.08. The minimum absolute atomic E-state index is 0.0137. The van der Waals surface area contributed by atoms with Gasteiger partial charge in [0.15, 0.2) is 23.4 Å². The zero-order valence-corrected chi connectivity index (χ0v) is 13.6. The molecule has 124 valence electrons. The average molecular weight is 317 g/mol. The van der Waals surface area contributed by atoms with Crippen LogP contribution in [0.3, 0.4) is 0 Å². The Morgan fingerprint density at radius 2 is 2.26 bits per heavy atom. The van der Waals surface area contributed by atoms with E-state index in [1.165, 1.54) is 0 Å². The van der Waals surface area contributed by atoms with Crippen LogP contribution in [0.15, 0.2) is 18.2 Å². The monoisotopic (exact) mass is 317 g/mol. The molecule has 1 aromatic carbocycles. The molecule has 1 saturated heterocycles. The quantitative estimate of drug-likeness (QED) is 0.849. The first-order valence-electron chi connectivity index (χ1n) is 8.32. The van der Waals surface area contributed by atoms with E-state index in [0.29, 0.717) is 24.3 Å². The van der Waals surface area contributed by atoms with Crippen molar-refractivity contribution < 1.29 is 19.4 Å². The largest absolute Gasteiger partial charge is 0.493 e. The van der Waals surface area contributed by atoms with Crippen molar-refractivity contribution in [1.29, 1.82) is 0 Å². The summed E-state index contributed by atoms with van der Waals surface area (Å²) in [5.74, 6) is 1.20. The Kier molecular flexibility index (Phi) is 3.39. The number of rotatable bonds is 1. The van der Waals surface area contributed by atoms with Crippen molar-refractivity contribution >= 4 is 5.78 Å². The maximum Gasteiger partial charge on any atom is 0.173 e. The van der Waals surface area contributed by atoms with E-state index in [1.807, 2.05) is 18.2 Å². The van der Waals surface area contributed by atoms with Crippen molar-refractivity contribution in [1.82, 2.24) is 4.90 Å². The molecule has 1 N–H and O–H groups in total. The summed E-state index contributed by atoms with van der Waals surface area (Å²) in [6.07, 6.45) is 1.86. The fourth-order valence-corrected chi connectivity index (χ4v) is 4.61. The first-order chi connectivity index (χ1) is 11.0. The summed E-state index contributed by atoms with van der Waals surface area (Å²) in [4.78, 5) is 14.7. The van der Waals surface area contributed by atoms with Crippen LogP contribution in [0.5, 0.6) is 11.5 Å². The summed E-state index contributed by atoms with van der Waals surface area (Å²) >= 11 is 0. The van der Waals surface area contributed by atoms with Gasteiger partial charge in [0.05, 0.1) is 12.7 Å². The van der Waals surface area contributed by atoms with E-state index in [-0.39, 0.29) is 17.7 Å². The number of ether oxygens (including phenoxy) is 2. The van der Waals surface area contributed by atoms with Crippen molar-refractivity contribution in [3.05, 3.63) is 23.8 Å². The first kappa shape index (κ1) is 15.0. The Balaban J connectivity index is 1.86. The number of ketones is 1. The molecule has 1 aromatic rings. The summed E-state index contributed by atoms with van der Waals surface area (Å²) in [5, 5.41) is 11.5. The number of fused-ring (bicyclic) bond motifs is 2. The highest BCUT2D eigenvalue weighted by Gasteiger charge is 2.56. The lowest BCUT2D eigenvalue weighted by Gasteiger charge is -2.53. The molecule has 1 aliphatic carbocycles. The lowest BCUT2D eigenvalue weighted by Crippen LogP contribution is -2.67. The van der Waals surface area contributed by atoms with Crippen LogP contribution in [0.4, 0.5) is 0 Å². The molecular weight excluding hydrogens is 294 g/mol. The number of piperidine rings is 1. The van der Waals surface area contributed by atoms with Gasteiger partial charge in [0.2, 0.25) is 0 Å². The van der Waals surface area contributed by atoms with Gasteiger partial charge < -0.3 is 19.5 Å². The molecule has 1 unspecified atom stereocenters. The number of benzene rings is 1. The van der Waals surface area contributed by atoms with Crippen LogP contribution in [0.25, 0.3) is 0 Å². The normalized spacial score (nSPS) is 36.5. The molecule has 4 rings (SSSR count). The molecule has 0 aromatic heterocycles. The molecule has 5 heteroatoms. The number of likely N-dealkylation sites (N-methyl/N-ethyl adjacent to an activating group) is 1. The van der Waals surface area contributed by atoms with E-state index in [1.54, 1.807) is 7.11 Å². The fourth-order valence-electron chi connectivity index (χ4n) is 4.61. The SMILES string of the molecule is COc1ccc2cc1OC1C(=O)CC[C@]3(O)[C@@H]1CCN(C)[C@H]3C2. The van der Waals surface area contributed by atoms with Crippen LogP contribution in [0.2, 0.25) is 0 Å². The molecule has 6 bridgehead atoms. The van der Waals surface area contributed by atoms with Gasteiger partial charge in [0.25, 0.3) is 0 Å². The number of nitrogens with zero attached hydrogens (tertiary/aromatic N) is 1. The standard InChI is InChI=1S/C18H23NO4/c1-19-8-6-12-17-13(20)5-7-18(12,21)16(19)10-11-3-4-14(22-2)15(9-11)23-17/h3-4,9,12,16-17,21H,5-8,10H2,1-2H3/t12-,16+,17?,18+/m1/s1. The van der Waals surface area contributed by atoms with E-state index < -0.39 is 11.7 Å². The van der Waals surface area contributed by atoms with Crippen molar-refractivity contribution in [3.8, 4) is 11.5 Å². The number of aliphatic hydroxyl groups is 1. The lowest BCUT2D eigenvalue weighted by atomic mass is 9.64. The van der Waals surface area contributed by atoms with Crippen LogP contribution in [-0.2, 0) is 11.2 Å². The number of Topliss-reactive ketones (excluding diaryl/α,β-unsaturated/α-hetero) is 1. The van der Waals surface area contributed by atoms with Gasteiger partial charge >= 0.3 is 0 Å². The molecule has 0 amide bonds. The molecule has 0 spiro atoms. The molecule has 0 radical (unpaired) electrons. The van der Waals surface area contributed by atoms with Gasteiger partial charge in [-0.25, -0.2) is 0 Å². The predicted molar refractivity (Wildman–Crippen MR) is 84.8 cm³/mol. The van der Waals surface area contributed by atoms with E-state index in [0.717, 1.165) is 24.9 Å². The third-order valence-electron chi connectivity index (χ3n) is 5.91. The summed E-state index contributed by atoms with van der Waals surface area (Å²) in [6.45, 7) is 0.873. The molecule has 2 heterocycles. The van der Waals surface area contributed by atoms with Gasteiger partial charge in [0.1, 0.15) is 0 Å². The van der Waals surface area contributed by atoms with E-state index in [4.69, 9.17) is 9.47 Å². The van der Waals surface area contributed by atoms with E-state index in [2.05, 4.69) is 11.9 Å². The van der Waals surface area contributed by atoms with Gasteiger partial charge in [-0.2, -0.15) is 0 Å². The van der Waals surface area contributed by atoms with Crippen molar-refractivity contribution in [2.45, 2.75) is 43.4 Å². The van der Waals surface area contributed by atoms with E-state index >= 15 is 0 Å². The minimum Gasteiger partial charge on any atom is -0.493 e. The lowest BCUT2D eigenvalue weighted by molar-refractivity contribution is -0.174.